The number of nitrogens with zero attached hydrogens (tertiary/aromatic N) is 5. The monoisotopic (exact) mass is 600 g/mol. The van der Waals surface area contributed by atoms with Gasteiger partial charge >= 0.3 is 5.97 Å². The summed E-state index contributed by atoms with van der Waals surface area (Å²) in [5, 5.41) is 24.1. The second-order valence-electron chi connectivity index (χ2n) is 11.3. The minimum absolute atomic E-state index is 0.210. The Morgan fingerprint density at radius 3 is 2.33 bits per heavy atom. The fourth-order valence-electron chi connectivity index (χ4n) is 6.19. The number of ether oxygens (including phenoxy) is 2. The zero-order valence-electron chi connectivity index (χ0n) is 24.8. The van der Waals surface area contributed by atoms with Crippen molar-refractivity contribution in [1.29, 1.82) is 0 Å². The second kappa shape index (κ2) is 12.2. The van der Waals surface area contributed by atoms with E-state index < -0.39 is 5.97 Å². The van der Waals surface area contributed by atoms with Crippen molar-refractivity contribution in [1.82, 2.24) is 30.2 Å². The number of carboxylic acids is 1. The van der Waals surface area contributed by atoms with E-state index in [1.54, 1.807) is 19.2 Å². The predicted octanol–water partition coefficient (Wildman–Crippen LogP) is 7.34. The molecule has 0 radical (unpaired) electrons. The second-order valence-corrected chi connectivity index (χ2v) is 11.3. The van der Waals surface area contributed by atoms with Gasteiger partial charge in [-0.15, -0.1) is 10.2 Å². The molecule has 0 spiro atoms. The van der Waals surface area contributed by atoms with E-state index in [1.165, 1.54) is 19.3 Å². The SMILES string of the molecule is COc1ccc(-c2ccc(C(=O)O)cc2COc2ccc(-c3nc4cc(-c5nn[nH]n5)ccc4n3C3CCCCC3)cc2)cc1. The van der Waals surface area contributed by atoms with Crippen LogP contribution < -0.4 is 9.47 Å². The average molecular weight is 601 g/mol. The Morgan fingerprint density at radius 2 is 1.62 bits per heavy atom. The van der Waals surface area contributed by atoms with Crippen LogP contribution >= 0.6 is 0 Å². The standard InChI is InChI=1S/C35H32N6O4/c1-44-28-13-7-22(8-14-28)30-17-11-25(35(42)43)19-26(30)21-45-29-15-9-23(10-16-29)34-36-31-20-24(33-37-39-40-38-33)12-18-32(31)41(34)27-5-3-2-4-6-27/h7-20,27H,2-6,21H2,1H3,(H,42,43)(H,37,38,39,40). The number of H-pyrrole nitrogens is 1. The first-order valence-electron chi connectivity index (χ1n) is 15.1. The molecule has 226 valence electrons. The highest BCUT2D eigenvalue weighted by Gasteiger charge is 2.23. The maximum atomic E-state index is 11.7. The highest BCUT2D eigenvalue weighted by Crippen LogP contribution is 2.37. The molecular formula is C35H32N6O4. The van der Waals surface area contributed by atoms with Crippen molar-refractivity contribution >= 4 is 17.0 Å². The molecule has 1 fully saturated rings. The number of fused-ring (bicyclic) bond motifs is 1. The number of hydrogen-bond acceptors (Lipinski definition) is 7. The van der Waals surface area contributed by atoms with E-state index >= 15 is 0 Å². The van der Waals surface area contributed by atoms with Gasteiger partial charge in [-0.3, -0.25) is 0 Å². The lowest BCUT2D eigenvalue weighted by Gasteiger charge is -2.25. The van der Waals surface area contributed by atoms with Crippen LogP contribution in [0.3, 0.4) is 0 Å². The molecule has 0 saturated heterocycles. The third kappa shape index (κ3) is 5.74. The Kier molecular flexibility index (Phi) is 7.69. The number of carbonyl (C=O) groups is 1. The summed E-state index contributed by atoms with van der Waals surface area (Å²) in [4.78, 5) is 16.8. The molecule has 0 amide bonds. The van der Waals surface area contributed by atoms with E-state index in [0.717, 1.165) is 63.3 Å². The van der Waals surface area contributed by atoms with Crippen molar-refractivity contribution in [2.24, 2.45) is 0 Å². The van der Waals surface area contributed by atoms with Gasteiger partial charge in [0.15, 0.2) is 0 Å². The summed E-state index contributed by atoms with van der Waals surface area (Å²) in [6, 6.07) is 27.3. The summed E-state index contributed by atoms with van der Waals surface area (Å²) >= 11 is 0. The lowest BCUT2D eigenvalue weighted by Crippen LogP contribution is -2.14. The summed E-state index contributed by atoms with van der Waals surface area (Å²) in [5.41, 5.74) is 6.69. The molecule has 45 heavy (non-hydrogen) atoms. The summed E-state index contributed by atoms with van der Waals surface area (Å²) in [7, 11) is 1.63. The van der Waals surface area contributed by atoms with Gasteiger partial charge in [-0.05, 0) is 101 Å². The van der Waals surface area contributed by atoms with Crippen LogP contribution in [0.1, 0.15) is 54.1 Å². The quantitative estimate of drug-likeness (QED) is 0.176. The largest absolute Gasteiger partial charge is 0.497 e. The van der Waals surface area contributed by atoms with Gasteiger partial charge in [-0.25, -0.2) is 9.78 Å². The minimum atomic E-state index is -0.979. The van der Waals surface area contributed by atoms with Crippen LogP contribution in [0, 0.1) is 0 Å². The van der Waals surface area contributed by atoms with E-state index in [2.05, 4.69) is 31.3 Å². The van der Waals surface area contributed by atoms with Crippen LogP contribution in [0.5, 0.6) is 11.5 Å². The molecule has 10 nitrogen and oxygen atoms in total. The molecule has 1 aliphatic carbocycles. The molecule has 6 aromatic rings. The van der Waals surface area contributed by atoms with E-state index in [0.29, 0.717) is 17.6 Å². The predicted molar refractivity (Wildman–Crippen MR) is 170 cm³/mol. The normalized spacial score (nSPS) is 13.6. The molecule has 1 saturated carbocycles. The molecule has 0 bridgehead atoms. The molecular weight excluding hydrogens is 568 g/mol. The van der Waals surface area contributed by atoms with Gasteiger partial charge in [0.2, 0.25) is 5.82 Å². The summed E-state index contributed by atoms with van der Waals surface area (Å²) < 4.78 is 13.9. The van der Waals surface area contributed by atoms with E-state index in [9.17, 15) is 9.90 Å². The number of imidazole rings is 1. The van der Waals surface area contributed by atoms with Gasteiger partial charge in [0.05, 0.1) is 23.7 Å². The molecule has 1 aliphatic rings. The smallest absolute Gasteiger partial charge is 0.335 e. The topological polar surface area (TPSA) is 128 Å². The first kappa shape index (κ1) is 28.3. The van der Waals surface area contributed by atoms with Crippen LogP contribution in [0.4, 0.5) is 0 Å². The Morgan fingerprint density at radius 1 is 0.889 bits per heavy atom. The van der Waals surface area contributed by atoms with Gasteiger partial charge in [0.25, 0.3) is 0 Å². The Labute approximate surface area is 259 Å². The lowest BCUT2D eigenvalue weighted by atomic mass is 9.95. The fourth-order valence-corrected chi connectivity index (χ4v) is 6.19. The van der Waals surface area contributed by atoms with Crippen LogP contribution in [-0.4, -0.2) is 48.4 Å². The first-order chi connectivity index (χ1) is 22.1. The number of nitrogens with one attached hydrogen (secondary N) is 1. The lowest BCUT2D eigenvalue weighted by molar-refractivity contribution is 0.0696. The molecule has 0 aliphatic heterocycles. The molecule has 2 N–H and O–H groups in total. The molecule has 4 aromatic carbocycles. The van der Waals surface area contributed by atoms with Crippen LogP contribution in [0.2, 0.25) is 0 Å². The molecule has 2 aromatic heterocycles. The van der Waals surface area contributed by atoms with Gasteiger partial charge in [-0.2, -0.15) is 5.21 Å². The Balaban J connectivity index is 1.18. The van der Waals surface area contributed by atoms with Crippen molar-refractivity contribution in [3.63, 3.8) is 0 Å². The van der Waals surface area contributed by atoms with Gasteiger partial charge in [-0.1, -0.05) is 37.5 Å². The van der Waals surface area contributed by atoms with Gasteiger partial charge in [0.1, 0.15) is 23.9 Å². The third-order valence-corrected chi connectivity index (χ3v) is 8.49. The van der Waals surface area contributed by atoms with Crippen LogP contribution in [0.25, 0.3) is 44.9 Å². The van der Waals surface area contributed by atoms with E-state index in [4.69, 9.17) is 14.5 Å². The molecule has 0 unspecified atom stereocenters. The maximum Gasteiger partial charge on any atom is 0.335 e. The van der Waals surface area contributed by atoms with Crippen molar-refractivity contribution < 1.29 is 19.4 Å². The van der Waals surface area contributed by atoms with Gasteiger partial charge < -0.3 is 19.1 Å². The summed E-state index contributed by atoms with van der Waals surface area (Å²) in [6.07, 6.45) is 5.93. The number of carboxylic acid groups (broad SMARTS) is 1. The zero-order valence-corrected chi connectivity index (χ0v) is 24.8. The summed E-state index contributed by atoms with van der Waals surface area (Å²) in [6.45, 7) is 0.210. The van der Waals surface area contributed by atoms with Crippen LogP contribution in [0.15, 0.2) is 84.9 Å². The molecule has 2 heterocycles. The number of aromatic amines is 1. The molecule has 7 rings (SSSR count). The molecule has 10 heteroatoms. The van der Waals surface area contributed by atoms with Crippen molar-refractivity contribution in [3.8, 4) is 45.4 Å². The number of aromatic carboxylic acids is 1. The highest BCUT2D eigenvalue weighted by atomic mass is 16.5. The zero-order chi connectivity index (χ0) is 30.8. The minimum Gasteiger partial charge on any atom is -0.497 e. The number of aromatic nitrogens is 6. The number of hydrogen-bond donors (Lipinski definition) is 2. The van der Waals surface area contributed by atoms with Crippen molar-refractivity contribution in [2.45, 2.75) is 44.8 Å². The van der Waals surface area contributed by atoms with Gasteiger partial charge in [0, 0.05) is 17.2 Å². The van der Waals surface area contributed by atoms with Crippen molar-refractivity contribution in [2.75, 3.05) is 7.11 Å². The molecule has 0 atom stereocenters. The van der Waals surface area contributed by atoms with Crippen LogP contribution in [-0.2, 0) is 6.61 Å². The fraction of sp³-hybridized carbons (Fsp3) is 0.229. The number of methoxy groups -OCH3 is 1. The Bertz CT molecular complexity index is 1940. The summed E-state index contributed by atoms with van der Waals surface area (Å²) in [5.74, 6) is 1.91. The maximum absolute atomic E-state index is 11.7. The number of tetrazole rings is 1. The van der Waals surface area contributed by atoms with E-state index in [-0.39, 0.29) is 12.2 Å². The first-order valence-corrected chi connectivity index (χ1v) is 15.1. The van der Waals surface area contributed by atoms with E-state index in [1.807, 2.05) is 66.7 Å². The van der Waals surface area contributed by atoms with Crippen molar-refractivity contribution in [3.05, 3.63) is 96.1 Å². The highest BCUT2D eigenvalue weighted by molar-refractivity contribution is 5.89. The Hall–Kier alpha value is -5.51. The number of benzene rings is 4. The average Bonchev–Trinajstić information content (AvgIpc) is 3.76. The number of rotatable bonds is 9. The third-order valence-electron chi connectivity index (χ3n) is 8.49.